The number of aliphatic hydroxyl groups is 1. The molecule has 8 heteroatoms. The van der Waals surface area contributed by atoms with Crippen molar-refractivity contribution in [2.24, 2.45) is 10.9 Å². The molecule has 0 amide bonds. The highest BCUT2D eigenvalue weighted by molar-refractivity contribution is 5.79. The number of benzene rings is 1. The van der Waals surface area contributed by atoms with Gasteiger partial charge >= 0.3 is 6.61 Å². The van der Waals surface area contributed by atoms with E-state index >= 15 is 0 Å². The summed E-state index contributed by atoms with van der Waals surface area (Å²) in [6, 6.07) is 6.54. The lowest BCUT2D eigenvalue weighted by Crippen LogP contribution is -2.46. The van der Waals surface area contributed by atoms with Gasteiger partial charge in [-0.1, -0.05) is 12.1 Å². The predicted octanol–water partition coefficient (Wildman–Crippen LogP) is 3.00. The third-order valence-electron chi connectivity index (χ3n) is 5.10. The average molecular weight is 413 g/mol. The van der Waals surface area contributed by atoms with E-state index < -0.39 is 12.7 Å². The Labute approximate surface area is 172 Å². The summed E-state index contributed by atoms with van der Waals surface area (Å²) >= 11 is 0. The van der Waals surface area contributed by atoms with Crippen molar-refractivity contribution in [2.75, 3.05) is 32.7 Å². The van der Waals surface area contributed by atoms with Gasteiger partial charge in [0.25, 0.3) is 0 Å². The molecule has 1 aliphatic rings. The number of guanidine groups is 1. The molecule has 1 saturated heterocycles. The molecule has 0 bridgehead atoms. The fraction of sp³-hybridized carbons (Fsp3) is 0.667. The van der Waals surface area contributed by atoms with Crippen molar-refractivity contribution in [1.82, 2.24) is 15.5 Å². The first-order valence-electron chi connectivity index (χ1n) is 10.4. The molecule has 1 aliphatic heterocycles. The minimum Gasteiger partial charge on any atom is -0.435 e. The van der Waals surface area contributed by atoms with Crippen molar-refractivity contribution < 1.29 is 18.6 Å². The smallest absolute Gasteiger partial charge is 0.387 e. The Bertz CT molecular complexity index is 626. The van der Waals surface area contributed by atoms with Crippen LogP contribution in [-0.4, -0.2) is 61.3 Å². The van der Waals surface area contributed by atoms with E-state index in [2.05, 4.69) is 39.1 Å². The number of rotatable bonds is 9. The van der Waals surface area contributed by atoms with Crippen molar-refractivity contribution >= 4 is 5.96 Å². The lowest BCUT2D eigenvalue weighted by molar-refractivity contribution is -0.0498. The lowest BCUT2D eigenvalue weighted by atomic mass is 9.97. The van der Waals surface area contributed by atoms with Crippen LogP contribution in [0.2, 0.25) is 0 Å². The topological polar surface area (TPSA) is 69.1 Å². The second kappa shape index (κ2) is 11.9. The number of aliphatic hydroxyl groups excluding tert-OH is 1. The van der Waals surface area contributed by atoms with E-state index in [1.165, 1.54) is 25.0 Å². The fourth-order valence-corrected chi connectivity index (χ4v) is 3.47. The molecular weight excluding hydrogens is 378 g/mol. The zero-order valence-corrected chi connectivity index (χ0v) is 17.6. The Hall–Kier alpha value is -1.93. The van der Waals surface area contributed by atoms with E-state index in [0.717, 1.165) is 26.2 Å². The first-order chi connectivity index (χ1) is 13.9. The molecule has 164 valence electrons. The number of likely N-dealkylation sites (tertiary alicyclic amines) is 1. The summed E-state index contributed by atoms with van der Waals surface area (Å²) in [5.41, 5.74) is 0.603. The molecule has 0 saturated carbocycles. The summed E-state index contributed by atoms with van der Waals surface area (Å²) in [7, 11) is 0. The Kier molecular flexibility index (Phi) is 9.60. The Morgan fingerprint density at radius 2 is 2.00 bits per heavy atom. The van der Waals surface area contributed by atoms with Gasteiger partial charge in [0.15, 0.2) is 5.96 Å². The number of ether oxygens (including phenoxy) is 1. The van der Waals surface area contributed by atoms with E-state index in [4.69, 9.17) is 0 Å². The van der Waals surface area contributed by atoms with Gasteiger partial charge in [-0.2, -0.15) is 8.78 Å². The Morgan fingerprint density at radius 1 is 1.28 bits per heavy atom. The number of hydrogen-bond acceptors (Lipinski definition) is 4. The summed E-state index contributed by atoms with van der Waals surface area (Å²) in [6.07, 6.45) is 1.59. The maximum absolute atomic E-state index is 12.2. The number of piperidine rings is 1. The quantitative estimate of drug-likeness (QED) is 0.430. The van der Waals surface area contributed by atoms with Gasteiger partial charge in [0.1, 0.15) is 5.75 Å². The molecule has 6 nitrogen and oxygen atoms in total. The number of hydrogen-bond donors (Lipinski definition) is 3. The third-order valence-corrected chi connectivity index (χ3v) is 5.10. The van der Waals surface area contributed by atoms with Crippen molar-refractivity contribution in [1.29, 1.82) is 0 Å². The molecule has 2 atom stereocenters. The van der Waals surface area contributed by atoms with Gasteiger partial charge in [-0.15, -0.1) is 0 Å². The van der Waals surface area contributed by atoms with E-state index in [1.54, 1.807) is 12.1 Å². The number of nitrogens with zero attached hydrogens (tertiary/aromatic N) is 2. The minimum atomic E-state index is -2.86. The molecule has 3 N–H and O–H groups in total. The predicted molar refractivity (Wildman–Crippen MR) is 111 cm³/mol. The normalized spacial score (nSPS) is 19.4. The Balaban J connectivity index is 1.87. The maximum Gasteiger partial charge on any atom is 0.387 e. The van der Waals surface area contributed by atoms with Gasteiger partial charge in [0.05, 0.1) is 12.6 Å². The summed E-state index contributed by atoms with van der Waals surface area (Å²) in [5, 5.41) is 17.0. The van der Waals surface area contributed by atoms with E-state index in [1.807, 2.05) is 6.92 Å². The van der Waals surface area contributed by atoms with Crippen molar-refractivity contribution in [3.05, 3.63) is 29.8 Å². The highest BCUT2D eigenvalue weighted by Gasteiger charge is 2.21. The second-order valence-corrected chi connectivity index (χ2v) is 7.66. The number of alkyl halides is 2. The fourth-order valence-electron chi connectivity index (χ4n) is 3.47. The summed E-state index contributed by atoms with van der Waals surface area (Å²) in [6.45, 7) is 7.58. The van der Waals surface area contributed by atoms with Gasteiger partial charge in [0.2, 0.25) is 0 Å². The van der Waals surface area contributed by atoms with Crippen LogP contribution < -0.4 is 15.4 Å². The first kappa shape index (κ1) is 23.3. The molecular formula is C21H34F2N4O2. The minimum absolute atomic E-state index is 0.0670. The average Bonchev–Trinajstić information content (AvgIpc) is 2.70. The van der Waals surface area contributed by atoms with Crippen LogP contribution in [0, 0.1) is 5.92 Å². The van der Waals surface area contributed by atoms with E-state index in [9.17, 15) is 13.9 Å². The van der Waals surface area contributed by atoms with Crippen LogP contribution in [0.5, 0.6) is 5.75 Å². The van der Waals surface area contributed by atoms with Crippen LogP contribution in [0.4, 0.5) is 8.78 Å². The molecule has 0 spiro atoms. The van der Waals surface area contributed by atoms with Crippen molar-refractivity contribution in [2.45, 2.75) is 52.4 Å². The monoisotopic (exact) mass is 412 g/mol. The highest BCUT2D eigenvalue weighted by atomic mass is 19.3. The first-order valence-corrected chi connectivity index (χ1v) is 10.4. The number of halogens is 2. The molecule has 1 fully saturated rings. The molecule has 29 heavy (non-hydrogen) atoms. The molecule has 1 heterocycles. The SMILES string of the molecule is CCNC(=NCC(O)c1ccc(OC(F)F)cc1)NCC1CCCN(C(C)C)C1. The Morgan fingerprint density at radius 3 is 2.62 bits per heavy atom. The van der Waals surface area contributed by atoms with Crippen LogP contribution in [0.25, 0.3) is 0 Å². The zero-order valence-electron chi connectivity index (χ0n) is 17.6. The van der Waals surface area contributed by atoms with Gasteiger partial charge in [-0.3, -0.25) is 4.99 Å². The zero-order chi connectivity index (χ0) is 21.2. The van der Waals surface area contributed by atoms with Gasteiger partial charge < -0.3 is 25.4 Å². The van der Waals surface area contributed by atoms with E-state index in [0.29, 0.717) is 23.5 Å². The summed E-state index contributed by atoms with van der Waals surface area (Å²) in [5.74, 6) is 1.31. The van der Waals surface area contributed by atoms with E-state index in [-0.39, 0.29) is 12.3 Å². The number of aliphatic imine (C=N–C) groups is 1. The molecule has 2 unspecified atom stereocenters. The van der Waals surface area contributed by atoms with Gasteiger partial charge in [-0.25, -0.2) is 0 Å². The lowest BCUT2D eigenvalue weighted by Gasteiger charge is -2.35. The highest BCUT2D eigenvalue weighted by Crippen LogP contribution is 2.20. The van der Waals surface area contributed by atoms with Crippen LogP contribution in [0.15, 0.2) is 29.3 Å². The second-order valence-electron chi connectivity index (χ2n) is 7.66. The van der Waals surface area contributed by atoms with Crippen LogP contribution in [-0.2, 0) is 0 Å². The van der Waals surface area contributed by atoms with Crippen LogP contribution in [0.3, 0.4) is 0 Å². The summed E-state index contributed by atoms with van der Waals surface area (Å²) in [4.78, 5) is 6.98. The largest absolute Gasteiger partial charge is 0.435 e. The molecule has 0 aromatic heterocycles. The molecule has 0 radical (unpaired) electrons. The molecule has 1 aromatic rings. The molecule has 1 aromatic carbocycles. The van der Waals surface area contributed by atoms with Crippen LogP contribution in [0.1, 0.15) is 45.3 Å². The van der Waals surface area contributed by atoms with Crippen LogP contribution >= 0.6 is 0 Å². The maximum atomic E-state index is 12.2. The van der Waals surface area contributed by atoms with Gasteiger partial charge in [0, 0.05) is 25.7 Å². The van der Waals surface area contributed by atoms with Gasteiger partial charge in [-0.05, 0) is 63.8 Å². The summed E-state index contributed by atoms with van der Waals surface area (Å²) < 4.78 is 28.8. The van der Waals surface area contributed by atoms with Crippen molar-refractivity contribution in [3.8, 4) is 5.75 Å². The van der Waals surface area contributed by atoms with Crippen molar-refractivity contribution in [3.63, 3.8) is 0 Å². The third kappa shape index (κ3) is 8.14. The molecule has 2 rings (SSSR count). The standard InChI is InChI=1S/C21H34F2N4O2/c1-4-24-21(25-12-16-6-5-11-27(14-16)15(2)3)26-13-19(28)17-7-9-18(10-8-17)29-20(22)23/h7-10,15-16,19-20,28H,4-6,11-14H2,1-3H3,(H2,24,25,26). The molecule has 0 aliphatic carbocycles. The number of nitrogens with one attached hydrogen (secondary N) is 2.